The number of hydrogen-bond donors (Lipinski definition) is 0. The van der Waals surface area contributed by atoms with Gasteiger partial charge in [-0.05, 0) is 65.9 Å². The maximum absolute atomic E-state index is 12.7. The highest BCUT2D eigenvalue weighted by molar-refractivity contribution is 7.98. The number of ether oxygens (including phenoxy) is 1. The van der Waals surface area contributed by atoms with Crippen molar-refractivity contribution < 1.29 is 9.53 Å². The largest absolute Gasteiger partial charge is 0.457 e. The van der Waals surface area contributed by atoms with Gasteiger partial charge in [0.1, 0.15) is 11.5 Å². The van der Waals surface area contributed by atoms with Crippen LogP contribution in [0.15, 0.2) is 96.2 Å². The fraction of sp³-hybridized carbons (Fsp3) is 0.0435. The van der Waals surface area contributed by atoms with Crippen molar-refractivity contribution in [3.05, 3.63) is 96.8 Å². The Morgan fingerprint density at radius 2 is 1.64 bits per heavy atom. The van der Waals surface area contributed by atoms with Gasteiger partial charge in [-0.3, -0.25) is 4.79 Å². The number of aromatic nitrogens is 2. The Kier molecular flexibility index (Phi) is 5.26. The van der Waals surface area contributed by atoms with Gasteiger partial charge in [-0.15, -0.1) is 11.8 Å². The van der Waals surface area contributed by atoms with Gasteiger partial charge in [-0.1, -0.05) is 30.3 Å². The van der Waals surface area contributed by atoms with Gasteiger partial charge in [0, 0.05) is 22.9 Å². The van der Waals surface area contributed by atoms with Gasteiger partial charge in [0.05, 0.1) is 0 Å². The van der Waals surface area contributed by atoms with Crippen molar-refractivity contribution in [3.63, 3.8) is 0 Å². The van der Waals surface area contributed by atoms with Crippen molar-refractivity contribution in [1.82, 2.24) is 9.78 Å². The highest BCUT2D eigenvalue weighted by atomic mass is 32.2. The summed E-state index contributed by atoms with van der Waals surface area (Å²) in [6.45, 7) is 0. The van der Waals surface area contributed by atoms with Crippen molar-refractivity contribution in [2.75, 3.05) is 6.26 Å². The molecule has 0 fully saturated rings. The van der Waals surface area contributed by atoms with Crippen LogP contribution in [0.1, 0.15) is 10.4 Å². The van der Waals surface area contributed by atoms with E-state index in [1.165, 1.54) is 4.68 Å². The zero-order valence-corrected chi connectivity index (χ0v) is 16.1. The molecule has 138 valence electrons. The molecular formula is C23H18N2O2S. The number of carbonyl (C=O) groups is 1. The summed E-state index contributed by atoms with van der Waals surface area (Å²) in [5.74, 6) is 1.42. The van der Waals surface area contributed by atoms with Crippen molar-refractivity contribution in [2.45, 2.75) is 4.90 Å². The monoisotopic (exact) mass is 386 g/mol. The molecule has 0 saturated heterocycles. The average Bonchev–Trinajstić information content (AvgIpc) is 3.29. The van der Waals surface area contributed by atoms with E-state index in [-0.39, 0.29) is 5.91 Å². The first kappa shape index (κ1) is 18.1. The van der Waals surface area contributed by atoms with Gasteiger partial charge >= 0.3 is 0 Å². The van der Waals surface area contributed by atoms with Crippen molar-refractivity contribution in [1.29, 1.82) is 0 Å². The molecule has 1 aromatic heterocycles. The highest BCUT2D eigenvalue weighted by Gasteiger charge is 2.12. The van der Waals surface area contributed by atoms with Gasteiger partial charge in [-0.25, -0.2) is 4.68 Å². The number of thioether (sulfide) groups is 1. The quantitative estimate of drug-likeness (QED) is 0.410. The van der Waals surface area contributed by atoms with Crippen molar-refractivity contribution >= 4 is 17.7 Å². The first-order valence-corrected chi connectivity index (χ1v) is 10.0. The lowest BCUT2D eigenvalue weighted by Crippen LogP contribution is -2.12. The van der Waals surface area contributed by atoms with E-state index >= 15 is 0 Å². The van der Waals surface area contributed by atoms with Crippen molar-refractivity contribution in [2.24, 2.45) is 0 Å². The lowest BCUT2D eigenvalue weighted by Gasteiger charge is -2.10. The molecule has 3 aromatic carbocycles. The molecule has 4 aromatic rings. The summed E-state index contributed by atoms with van der Waals surface area (Å²) in [5, 5.41) is 4.05. The number of benzene rings is 3. The minimum Gasteiger partial charge on any atom is -0.457 e. The minimum absolute atomic E-state index is 0.147. The molecule has 0 spiro atoms. The third-order valence-electron chi connectivity index (χ3n) is 4.27. The predicted octanol–water partition coefficient (Wildman–Crippen LogP) is 5.75. The van der Waals surface area contributed by atoms with E-state index in [0.29, 0.717) is 5.56 Å². The molecule has 0 amide bonds. The smallest absolute Gasteiger partial charge is 0.278 e. The molecule has 5 heteroatoms. The van der Waals surface area contributed by atoms with E-state index in [1.807, 2.05) is 73.0 Å². The van der Waals surface area contributed by atoms with E-state index < -0.39 is 0 Å². The van der Waals surface area contributed by atoms with Crippen LogP contribution in [-0.4, -0.2) is 21.9 Å². The highest BCUT2D eigenvalue weighted by Crippen LogP contribution is 2.29. The maximum Gasteiger partial charge on any atom is 0.278 e. The Morgan fingerprint density at radius 3 is 2.32 bits per heavy atom. The van der Waals surface area contributed by atoms with Crippen LogP contribution < -0.4 is 4.74 Å². The second-order valence-corrected chi connectivity index (χ2v) is 7.03. The van der Waals surface area contributed by atoms with Crippen LogP contribution in [0.2, 0.25) is 0 Å². The van der Waals surface area contributed by atoms with Gasteiger partial charge in [0.15, 0.2) is 0 Å². The minimum atomic E-state index is -0.147. The van der Waals surface area contributed by atoms with E-state index in [2.05, 4.69) is 11.2 Å². The molecule has 0 bridgehead atoms. The lowest BCUT2D eigenvalue weighted by molar-refractivity contribution is 0.0945. The fourth-order valence-electron chi connectivity index (χ4n) is 2.87. The second-order valence-electron chi connectivity index (χ2n) is 6.15. The molecular weight excluding hydrogens is 368 g/mol. The fourth-order valence-corrected chi connectivity index (χ4v) is 3.36. The van der Waals surface area contributed by atoms with Crippen LogP contribution in [-0.2, 0) is 0 Å². The van der Waals surface area contributed by atoms with Gasteiger partial charge in [0.2, 0.25) is 0 Å². The zero-order valence-electron chi connectivity index (χ0n) is 15.3. The normalized spacial score (nSPS) is 10.6. The summed E-state index contributed by atoms with van der Waals surface area (Å²) in [6, 6.07) is 25.2. The Bertz CT molecular complexity index is 1080. The summed E-state index contributed by atoms with van der Waals surface area (Å²) in [5.41, 5.74) is 2.61. The third kappa shape index (κ3) is 4.00. The van der Waals surface area contributed by atoms with E-state index in [4.69, 9.17) is 4.74 Å². The molecule has 0 aliphatic rings. The molecule has 0 atom stereocenters. The number of nitrogens with zero attached hydrogens (tertiary/aromatic N) is 2. The first-order valence-electron chi connectivity index (χ1n) is 8.80. The molecule has 0 unspecified atom stereocenters. The molecule has 4 nitrogen and oxygen atoms in total. The summed E-state index contributed by atoms with van der Waals surface area (Å²) < 4.78 is 7.20. The van der Waals surface area contributed by atoms with E-state index in [9.17, 15) is 4.79 Å². The number of carbonyl (C=O) groups excluding carboxylic acids is 1. The molecule has 0 N–H and O–H groups in total. The van der Waals surface area contributed by atoms with Crippen LogP contribution in [0.5, 0.6) is 11.5 Å². The standard InChI is InChI=1S/C23H18N2O2S/c1-28-22-15-18(14-19(16-22)23(26)25-13-5-12-24-25)17-8-10-21(11-9-17)27-20-6-3-2-4-7-20/h2-16H,1H3. The molecule has 4 rings (SSSR count). The van der Waals surface area contributed by atoms with Crippen molar-refractivity contribution in [3.8, 4) is 22.6 Å². The molecule has 0 saturated carbocycles. The van der Waals surface area contributed by atoms with Crippen LogP contribution in [0.4, 0.5) is 0 Å². The van der Waals surface area contributed by atoms with Crippen LogP contribution in [0.25, 0.3) is 11.1 Å². The molecule has 0 radical (unpaired) electrons. The Morgan fingerprint density at radius 1 is 0.893 bits per heavy atom. The molecule has 0 aliphatic heterocycles. The van der Waals surface area contributed by atoms with Gasteiger partial charge in [0.25, 0.3) is 5.91 Å². The Hall–Kier alpha value is -3.31. The Balaban J connectivity index is 1.63. The first-order chi connectivity index (χ1) is 13.7. The Labute approximate surface area is 167 Å². The maximum atomic E-state index is 12.7. The topological polar surface area (TPSA) is 44.1 Å². The summed E-state index contributed by atoms with van der Waals surface area (Å²) in [7, 11) is 0. The van der Waals surface area contributed by atoms with Crippen LogP contribution >= 0.6 is 11.8 Å². The summed E-state index contributed by atoms with van der Waals surface area (Å²) in [4.78, 5) is 13.7. The second kappa shape index (κ2) is 8.15. The SMILES string of the molecule is CSc1cc(C(=O)n2cccn2)cc(-c2ccc(Oc3ccccc3)cc2)c1. The predicted molar refractivity (Wildman–Crippen MR) is 112 cm³/mol. The summed E-state index contributed by atoms with van der Waals surface area (Å²) in [6.07, 6.45) is 5.25. The summed E-state index contributed by atoms with van der Waals surface area (Å²) >= 11 is 1.60. The molecule has 0 aliphatic carbocycles. The third-order valence-corrected chi connectivity index (χ3v) is 4.98. The number of hydrogen-bond acceptors (Lipinski definition) is 4. The van der Waals surface area contributed by atoms with Crippen LogP contribution in [0.3, 0.4) is 0 Å². The van der Waals surface area contributed by atoms with Crippen LogP contribution in [0, 0.1) is 0 Å². The van der Waals surface area contributed by atoms with Gasteiger partial charge in [-0.2, -0.15) is 5.10 Å². The molecule has 1 heterocycles. The van der Waals surface area contributed by atoms with E-state index in [0.717, 1.165) is 27.5 Å². The lowest BCUT2D eigenvalue weighted by atomic mass is 10.0. The van der Waals surface area contributed by atoms with Gasteiger partial charge < -0.3 is 4.74 Å². The molecule has 28 heavy (non-hydrogen) atoms. The van der Waals surface area contributed by atoms with E-state index in [1.54, 1.807) is 30.2 Å². The average molecular weight is 386 g/mol. The number of rotatable bonds is 5. The number of para-hydroxylation sites is 1. The zero-order chi connectivity index (χ0) is 19.3.